The number of aromatic nitrogens is 1. The maximum Gasteiger partial charge on any atom is 0.331 e. The van der Waals surface area contributed by atoms with Crippen molar-refractivity contribution in [2.24, 2.45) is 0 Å². The van der Waals surface area contributed by atoms with Crippen LogP contribution in [0.4, 0.5) is 0 Å². The van der Waals surface area contributed by atoms with Crippen molar-refractivity contribution < 1.29 is 37.0 Å². The first kappa shape index (κ1) is 54.1. The van der Waals surface area contributed by atoms with E-state index in [2.05, 4.69) is 84.7 Å². The van der Waals surface area contributed by atoms with Crippen LogP contribution in [0, 0.1) is 0 Å². The summed E-state index contributed by atoms with van der Waals surface area (Å²) in [5.41, 5.74) is 4.87. The lowest BCUT2D eigenvalue weighted by molar-refractivity contribution is -0.149. The zero-order valence-corrected chi connectivity index (χ0v) is 45.6. The number of aromatic amines is 1. The van der Waals surface area contributed by atoms with Gasteiger partial charge in [-0.25, -0.2) is 22.8 Å². The number of nitrogens with zero attached hydrogens (tertiary/aromatic N) is 3. The number of H-pyrrole nitrogens is 1. The van der Waals surface area contributed by atoms with Crippen LogP contribution in [0.3, 0.4) is 0 Å². The van der Waals surface area contributed by atoms with Gasteiger partial charge in [0, 0.05) is 94.6 Å². The van der Waals surface area contributed by atoms with Crippen molar-refractivity contribution in [3.05, 3.63) is 124 Å². The number of piperidine rings is 3. The topological polar surface area (TPSA) is 151 Å². The molecule has 0 radical (unpaired) electrons. The molecule has 3 saturated carbocycles. The summed E-state index contributed by atoms with van der Waals surface area (Å²) in [4.78, 5) is 49.0. The number of hydrogen-bond donors (Lipinski definition) is 2. The summed E-state index contributed by atoms with van der Waals surface area (Å²) in [5, 5.41) is 7.41. The molecule has 3 spiro atoms. The van der Waals surface area contributed by atoms with E-state index in [9.17, 15) is 22.8 Å². The Kier molecular flexibility index (Phi) is 14.6. The third kappa shape index (κ3) is 8.83. The molecule has 3 aliphatic carbocycles. The number of para-hydroxylation sites is 1. The van der Waals surface area contributed by atoms with E-state index in [0.717, 1.165) is 88.7 Å². The lowest BCUT2D eigenvalue weighted by Gasteiger charge is -2.38. The van der Waals surface area contributed by atoms with Gasteiger partial charge in [-0.05, 0) is 142 Å². The van der Waals surface area contributed by atoms with E-state index in [1.165, 1.54) is 71.1 Å². The van der Waals surface area contributed by atoms with Crippen LogP contribution in [0.2, 0.25) is 0 Å². The third-order valence-electron chi connectivity index (χ3n) is 20.0. The zero-order valence-electron chi connectivity index (χ0n) is 43.1. The molecule has 16 rings (SSSR count). The number of carbonyl (C=O) groups is 3. The van der Waals surface area contributed by atoms with Gasteiger partial charge < -0.3 is 24.5 Å². The molecular weight excluding hydrogens is 1040 g/mol. The highest BCUT2D eigenvalue weighted by Crippen LogP contribution is 2.58. The predicted octanol–water partition coefficient (Wildman–Crippen LogP) is 9.88. The number of sulfone groups is 1. The van der Waals surface area contributed by atoms with Gasteiger partial charge in [0.15, 0.2) is 26.6 Å². The minimum atomic E-state index is -3.46. The number of esters is 3. The quantitative estimate of drug-likeness (QED) is 0.121. The van der Waals surface area contributed by atoms with E-state index in [0.29, 0.717) is 53.2 Å². The number of nitrogens with one attached hydrogen (secondary N) is 2. The van der Waals surface area contributed by atoms with E-state index < -0.39 is 20.7 Å². The summed E-state index contributed by atoms with van der Waals surface area (Å²) in [5.74, 6) is 0.557. The molecule has 2 aromatic heterocycles. The SMILES string of the molecule is C.C.O=C1C=C2CC(SCc3cccs3)[C@@H]3C[C@@]2(O1)[C@H]1CCCCN31.O=C1C=C2C[C@H](NCCc3c[nH]c4ccccc34)[C@@H]3C[C@@]2(O1)[C@H]1CCCCN31.O=C1C=C2C[C@H](S(=O)(=O)c3ccccc3)[C@@H]3C[C@@]2(O1)[C@H]1CCCCN31. The van der Waals surface area contributed by atoms with Gasteiger partial charge in [0.2, 0.25) is 0 Å². The molecule has 12 aliphatic rings. The van der Waals surface area contributed by atoms with Gasteiger partial charge in [-0.2, -0.15) is 11.8 Å². The molecule has 16 heteroatoms. The van der Waals surface area contributed by atoms with Crippen molar-refractivity contribution >= 4 is 61.7 Å². The van der Waals surface area contributed by atoms with E-state index in [1.807, 2.05) is 23.5 Å². The number of thioether (sulfide) groups is 1. The Morgan fingerprint density at radius 2 is 1.19 bits per heavy atom. The molecule has 2 aromatic carbocycles. The molecule has 9 fully saturated rings. The number of carbonyl (C=O) groups excluding carboxylic acids is 3. The fourth-order valence-electron chi connectivity index (χ4n) is 16.9. The van der Waals surface area contributed by atoms with Crippen molar-refractivity contribution in [3.63, 3.8) is 0 Å². The first-order valence-corrected chi connectivity index (χ1v) is 31.8. The summed E-state index contributed by atoms with van der Waals surface area (Å²) in [6, 6.07) is 23.9. The number of ether oxygens (including phenoxy) is 3. The number of rotatable bonds is 9. The van der Waals surface area contributed by atoms with Crippen LogP contribution in [0.5, 0.6) is 0 Å². The maximum atomic E-state index is 13.3. The highest BCUT2D eigenvalue weighted by molar-refractivity contribution is 7.99. The molecule has 13 nitrogen and oxygen atoms in total. The molecule has 6 saturated heterocycles. The van der Waals surface area contributed by atoms with Crippen LogP contribution in [0.15, 0.2) is 118 Å². The molecule has 11 heterocycles. The number of fused-ring (bicyclic) bond motifs is 10. The summed E-state index contributed by atoms with van der Waals surface area (Å²) in [6.07, 6.45) is 23.9. The minimum absolute atomic E-state index is 0. The van der Waals surface area contributed by atoms with Crippen LogP contribution in [-0.2, 0) is 50.6 Å². The summed E-state index contributed by atoms with van der Waals surface area (Å²) >= 11 is 3.92. The molecular formula is C62H77N5O8S3. The summed E-state index contributed by atoms with van der Waals surface area (Å²) < 4.78 is 44.4. The molecule has 78 heavy (non-hydrogen) atoms. The van der Waals surface area contributed by atoms with E-state index in [4.69, 9.17) is 14.2 Å². The zero-order chi connectivity index (χ0) is 51.4. The van der Waals surface area contributed by atoms with Gasteiger partial charge in [0.1, 0.15) is 0 Å². The van der Waals surface area contributed by atoms with E-state index in [-0.39, 0.29) is 56.0 Å². The van der Waals surface area contributed by atoms with Crippen molar-refractivity contribution in [2.75, 3.05) is 26.2 Å². The maximum absolute atomic E-state index is 13.3. The normalized spacial score (nSPS) is 35.7. The summed E-state index contributed by atoms with van der Waals surface area (Å²) in [7, 11) is -3.46. The highest BCUT2D eigenvalue weighted by Gasteiger charge is 2.67. The Morgan fingerprint density at radius 1 is 0.641 bits per heavy atom. The van der Waals surface area contributed by atoms with Crippen LogP contribution in [0.1, 0.15) is 122 Å². The fourth-order valence-corrected chi connectivity index (χ4v) is 21.0. The smallest absolute Gasteiger partial charge is 0.331 e. The predicted molar refractivity (Wildman–Crippen MR) is 307 cm³/mol. The number of benzene rings is 2. The van der Waals surface area contributed by atoms with Gasteiger partial charge in [0.05, 0.1) is 28.3 Å². The third-order valence-corrected chi connectivity index (χ3v) is 24.6. The molecule has 4 aromatic rings. The lowest BCUT2D eigenvalue weighted by atomic mass is 9.75. The Hall–Kier alpha value is -4.55. The monoisotopic (exact) mass is 1120 g/mol. The Bertz CT molecular complexity index is 3140. The molecule has 12 atom stereocenters. The molecule has 9 aliphatic heterocycles. The average molecular weight is 1120 g/mol. The molecule has 416 valence electrons. The Morgan fingerprint density at radius 3 is 1.82 bits per heavy atom. The first-order valence-electron chi connectivity index (χ1n) is 28.3. The summed E-state index contributed by atoms with van der Waals surface area (Å²) in [6.45, 7) is 4.17. The highest BCUT2D eigenvalue weighted by atomic mass is 32.2. The molecule has 6 bridgehead atoms. The average Bonchev–Trinajstić information content (AvgIpc) is 4.05. The van der Waals surface area contributed by atoms with Gasteiger partial charge in [-0.1, -0.05) is 76.6 Å². The Balaban J connectivity index is 0.000000116. The molecule has 0 amide bonds. The second kappa shape index (κ2) is 21.1. The van der Waals surface area contributed by atoms with Crippen molar-refractivity contribution in [1.82, 2.24) is 25.0 Å². The minimum Gasteiger partial charge on any atom is -0.450 e. The van der Waals surface area contributed by atoms with Crippen molar-refractivity contribution in [3.8, 4) is 0 Å². The largest absolute Gasteiger partial charge is 0.450 e. The van der Waals surface area contributed by atoms with Crippen LogP contribution < -0.4 is 5.32 Å². The van der Waals surface area contributed by atoms with Gasteiger partial charge in [0.25, 0.3) is 0 Å². The molecule has 1 unspecified atom stereocenters. The fraction of sp³-hybridized carbons (Fsp3) is 0.565. The first-order chi connectivity index (χ1) is 37.0. The van der Waals surface area contributed by atoms with Crippen molar-refractivity contribution in [1.29, 1.82) is 0 Å². The van der Waals surface area contributed by atoms with Gasteiger partial charge in [-0.15, -0.1) is 11.3 Å². The number of hydrogen-bond acceptors (Lipinski definition) is 14. The van der Waals surface area contributed by atoms with Gasteiger partial charge in [-0.3, -0.25) is 14.7 Å². The van der Waals surface area contributed by atoms with E-state index in [1.54, 1.807) is 36.4 Å². The standard InChI is InChI=1S/C23H27N3O2.C19H21NO4S.C18H21NO2S2.2CH4/c27-22-12-16-11-19(20-13-23(16,28-22)21-7-3-4-10-26(20)21)24-9-8-15-14-25-18-6-2-1-5-17(15)18;21-18-11-13-10-16(25(22,23)14-6-2-1-3-7-14)15-12-19(13,24-18)17-8-4-5-9-20(15)17;20-17-9-12-8-15(23-11-13-4-3-7-22-13)14-10-18(12,21-17)16-5-1-2-6-19(14)16;;/h1-2,5-6,12,14,19-21,24-25H,3-4,7-11,13H2;1-3,6-7,11,15-17H,4-5,8-10,12H2;3-4,7,9,14-16H,1-2,5-6,8,10-11H2;2*1H4/t19-,20-,21+,23-;15-,16-,17+,19-;14-,15?,16+,18-;;/m000../s1. The lowest BCUT2D eigenvalue weighted by Crippen LogP contribution is -2.50. The van der Waals surface area contributed by atoms with Crippen molar-refractivity contribution in [2.45, 2.75) is 198 Å². The van der Waals surface area contributed by atoms with E-state index >= 15 is 0 Å². The van der Waals surface area contributed by atoms with Crippen LogP contribution in [-0.4, -0.2) is 142 Å². The molecule has 2 N–H and O–H groups in total. The Labute approximate surface area is 468 Å². The number of thiophene rings is 1. The van der Waals surface area contributed by atoms with Gasteiger partial charge >= 0.3 is 17.9 Å². The van der Waals surface area contributed by atoms with Crippen LogP contribution >= 0.6 is 23.1 Å². The van der Waals surface area contributed by atoms with Crippen LogP contribution in [0.25, 0.3) is 10.9 Å². The second-order valence-corrected chi connectivity index (χ2v) is 28.0. The second-order valence-electron chi connectivity index (χ2n) is 23.6.